The van der Waals surface area contributed by atoms with E-state index in [0.29, 0.717) is 0 Å². The van der Waals surface area contributed by atoms with Crippen molar-refractivity contribution >= 4 is 12.3 Å². The van der Waals surface area contributed by atoms with Gasteiger partial charge in [-0.25, -0.2) is 4.79 Å². The fourth-order valence-electron chi connectivity index (χ4n) is 2.42. The van der Waals surface area contributed by atoms with Crippen LogP contribution in [0.5, 0.6) is 17.2 Å². The molecule has 0 bridgehead atoms. The number of aromatic hydroxyl groups is 2. The highest BCUT2D eigenvalue weighted by Crippen LogP contribution is 2.43. The Hall–Kier alpha value is -2.40. The number of carbonyl (C=O) groups excluding carboxylic acids is 2. The normalized spacial score (nSPS) is 15.7. The van der Waals surface area contributed by atoms with E-state index in [-0.39, 0.29) is 28.7 Å². The zero-order chi connectivity index (χ0) is 20.2. The second-order valence-corrected chi connectivity index (χ2v) is 5.59. The summed E-state index contributed by atoms with van der Waals surface area (Å²) in [6, 6.07) is 0. The van der Waals surface area contributed by atoms with Crippen molar-refractivity contribution in [2.24, 2.45) is 0 Å². The molecule has 0 aliphatic carbocycles. The molecule has 0 unspecified atom stereocenters. The maximum absolute atomic E-state index is 12.4. The van der Waals surface area contributed by atoms with Crippen LogP contribution in [0.25, 0.3) is 0 Å². The van der Waals surface area contributed by atoms with E-state index < -0.39 is 48.5 Å². The first kappa shape index (κ1) is 21.6. The monoisotopic (exact) mass is 374 g/mol. The van der Waals surface area contributed by atoms with Crippen LogP contribution in [0.2, 0.25) is 0 Å². The molecule has 1 rings (SSSR count). The molecule has 6 N–H and O–H groups in total. The average Bonchev–Trinajstić information content (AvgIpc) is 2.62. The Morgan fingerprint density at radius 1 is 1.08 bits per heavy atom. The number of benzene rings is 1. The van der Waals surface area contributed by atoms with Crippen LogP contribution in [0.4, 0.5) is 0 Å². The topological polar surface area (TPSA) is 174 Å². The van der Waals surface area contributed by atoms with E-state index in [0.717, 1.165) is 0 Å². The molecule has 26 heavy (non-hydrogen) atoms. The Morgan fingerprint density at radius 2 is 1.65 bits per heavy atom. The number of rotatable bonds is 8. The molecule has 0 aliphatic rings. The van der Waals surface area contributed by atoms with E-state index in [1.807, 2.05) is 0 Å². The van der Waals surface area contributed by atoms with Gasteiger partial charge in [-0.2, -0.15) is 0 Å². The van der Waals surface area contributed by atoms with Crippen LogP contribution in [0.15, 0.2) is 0 Å². The molecule has 1 aromatic rings. The fourth-order valence-corrected chi connectivity index (χ4v) is 2.42. The molecule has 0 heterocycles. The third-order valence-corrected chi connectivity index (χ3v) is 3.94. The molecule has 0 amide bonds. The van der Waals surface area contributed by atoms with E-state index in [2.05, 4.69) is 0 Å². The number of hydrogen-bond acceptors (Lipinski definition) is 10. The first-order valence-corrected chi connectivity index (χ1v) is 7.52. The highest BCUT2D eigenvalue weighted by atomic mass is 16.6. The highest BCUT2D eigenvalue weighted by molar-refractivity contribution is 5.96. The largest absolute Gasteiger partial charge is 0.504 e. The van der Waals surface area contributed by atoms with Gasteiger partial charge in [-0.1, -0.05) is 0 Å². The zero-order valence-corrected chi connectivity index (χ0v) is 14.4. The number of aliphatic hydroxyl groups is 4. The summed E-state index contributed by atoms with van der Waals surface area (Å²) in [4.78, 5) is 23.6. The third-order valence-electron chi connectivity index (χ3n) is 3.94. The number of aliphatic hydroxyl groups excluding tert-OH is 4. The molecular formula is C16H22O10. The minimum Gasteiger partial charge on any atom is -0.504 e. The van der Waals surface area contributed by atoms with Crippen LogP contribution in [0, 0.1) is 13.8 Å². The van der Waals surface area contributed by atoms with Gasteiger partial charge in [0.1, 0.15) is 18.3 Å². The number of phenols is 2. The summed E-state index contributed by atoms with van der Waals surface area (Å²) in [6.45, 7) is 1.83. The summed E-state index contributed by atoms with van der Waals surface area (Å²) in [5.41, 5.74) is -0.158. The molecule has 0 radical (unpaired) electrons. The van der Waals surface area contributed by atoms with Crippen molar-refractivity contribution in [1.82, 2.24) is 0 Å². The van der Waals surface area contributed by atoms with Gasteiger partial charge < -0.3 is 40.1 Å². The molecule has 0 aromatic heterocycles. The first-order chi connectivity index (χ1) is 12.1. The maximum Gasteiger partial charge on any atom is 0.339 e. The standard InChI is InChI=1S/C16H22O10/c1-6-10(7(2)15(25-3)14(23)11(6)20)16(24)26-9(5-18)13(22)12(21)8(19)4-17/h5,8-9,12-13,17,19-23H,4H2,1-3H3/t8-,9+,12-,13-/m1/s1. The van der Waals surface area contributed by atoms with Crippen LogP contribution in [0.3, 0.4) is 0 Å². The van der Waals surface area contributed by atoms with Crippen molar-refractivity contribution in [3.05, 3.63) is 16.7 Å². The minimum absolute atomic E-state index is 0.0397. The summed E-state index contributed by atoms with van der Waals surface area (Å²) in [5, 5.41) is 57.3. The Balaban J connectivity index is 3.21. The Kier molecular flexibility index (Phi) is 7.33. The molecule has 0 saturated heterocycles. The summed E-state index contributed by atoms with van der Waals surface area (Å²) in [7, 11) is 1.20. The summed E-state index contributed by atoms with van der Waals surface area (Å²) in [5.74, 6) is -2.53. The van der Waals surface area contributed by atoms with Crippen LogP contribution in [-0.2, 0) is 9.53 Å². The summed E-state index contributed by atoms with van der Waals surface area (Å²) >= 11 is 0. The first-order valence-electron chi connectivity index (χ1n) is 7.52. The Labute approximate surface area is 148 Å². The van der Waals surface area contributed by atoms with Crippen molar-refractivity contribution in [3.63, 3.8) is 0 Å². The molecule has 0 spiro atoms. The highest BCUT2D eigenvalue weighted by Gasteiger charge is 2.35. The number of methoxy groups -OCH3 is 1. The number of ether oxygens (including phenoxy) is 2. The van der Waals surface area contributed by atoms with Gasteiger partial charge in [0.05, 0.1) is 19.3 Å². The van der Waals surface area contributed by atoms with E-state index in [9.17, 15) is 35.1 Å². The van der Waals surface area contributed by atoms with E-state index in [4.69, 9.17) is 14.6 Å². The van der Waals surface area contributed by atoms with Crippen molar-refractivity contribution in [1.29, 1.82) is 0 Å². The van der Waals surface area contributed by atoms with E-state index >= 15 is 0 Å². The van der Waals surface area contributed by atoms with Gasteiger partial charge in [0.15, 0.2) is 23.9 Å². The summed E-state index contributed by atoms with van der Waals surface area (Å²) in [6.07, 6.45) is -7.54. The van der Waals surface area contributed by atoms with Gasteiger partial charge in [-0.3, -0.25) is 4.79 Å². The van der Waals surface area contributed by atoms with Gasteiger partial charge in [-0.15, -0.1) is 0 Å². The predicted octanol–water partition coefficient (Wildman–Crippen LogP) is -1.48. The average molecular weight is 374 g/mol. The lowest BCUT2D eigenvalue weighted by atomic mass is 9.99. The van der Waals surface area contributed by atoms with E-state index in [1.165, 1.54) is 21.0 Å². The lowest BCUT2D eigenvalue weighted by Gasteiger charge is -2.26. The number of hydrogen-bond donors (Lipinski definition) is 6. The van der Waals surface area contributed by atoms with E-state index in [1.54, 1.807) is 0 Å². The van der Waals surface area contributed by atoms with Crippen LogP contribution < -0.4 is 4.74 Å². The minimum atomic E-state index is -2.01. The lowest BCUT2D eigenvalue weighted by molar-refractivity contribution is -0.138. The molecule has 10 nitrogen and oxygen atoms in total. The molecule has 0 aliphatic heterocycles. The third kappa shape index (κ3) is 4.05. The molecule has 4 atom stereocenters. The molecule has 1 aromatic carbocycles. The number of aldehydes is 1. The van der Waals surface area contributed by atoms with Crippen LogP contribution in [-0.4, -0.2) is 81.0 Å². The van der Waals surface area contributed by atoms with Crippen molar-refractivity contribution in [3.8, 4) is 17.2 Å². The van der Waals surface area contributed by atoms with Gasteiger partial charge in [0.25, 0.3) is 0 Å². The number of carbonyl (C=O) groups is 2. The van der Waals surface area contributed by atoms with Crippen molar-refractivity contribution < 1.29 is 49.7 Å². The van der Waals surface area contributed by atoms with Gasteiger partial charge in [0.2, 0.25) is 5.75 Å². The second kappa shape index (κ2) is 8.81. The molecule has 146 valence electrons. The fraction of sp³-hybridized carbons (Fsp3) is 0.500. The van der Waals surface area contributed by atoms with Gasteiger partial charge >= 0.3 is 5.97 Å². The number of phenolic OH excluding ortho intramolecular Hbond substituents is 2. The van der Waals surface area contributed by atoms with Crippen molar-refractivity contribution in [2.45, 2.75) is 38.3 Å². The lowest BCUT2D eigenvalue weighted by Crippen LogP contribution is -2.48. The van der Waals surface area contributed by atoms with Gasteiger partial charge in [-0.05, 0) is 13.8 Å². The Bertz CT molecular complexity index is 672. The smallest absolute Gasteiger partial charge is 0.339 e. The number of esters is 1. The van der Waals surface area contributed by atoms with Crippen LogP contribution in [0.1, 0.15) is 21.5 Å². The molecule has 0 fully saturated rings. The van der Waals surface area contributed by atoms with Gasteiger partial charge in [0, 0.05) is 11.1 Å². The molecule has 0 saturated carbocycles. The van der Waals surface area contributed by atoms with Crippen LogP contribution >= 0.6 is 0 Å². The second-order valence-electron chi connectivity index (χ2n) is 5.59. The maximum atomic E-state index is 12.4. The quantitative estimate of drug-likeness (QED) is 0.179. The summed E-state index contributed by atoms with van der Waals surface area (Å²) < 4.78 is 9.79. The Morgan fingerprint density at radius 3 is 2.12 bits per heavy atom. The van der Waals surface area contributed by atoms with Crippen molar-refractivity contribution in [2.75, 3.05) is 13.7 Å². The molecule has 10 heteroatoms. The zero-order valence-electron chi connectivity index (χ0n) is 14.4. The predicted molar refractivity (Wildman–Crippen MR) is 86.2 cm³/mol. The SMILES string of the molecule is COc1c(C)c(C(=O)O[C@@H](C=O)[C@@H](O)[C@H](O)[C@H](O)CO)c(C)c(O)c1O. The molecular weight excluding hydrogens is 352 g/mol.